The molecule has 0 aromatic heterocycles. The second-order valence-electron chi connectivity index (χ2n) is 4.31. The summed E-state index contributed by atoms with van der Waals surface area (Å²) in [5.41, 5.74) is 0.265. The van der Waals surface area contributed by atoms with Crippen LogP contribution in [0.4, 0.5) is 11.4 Å². The van der Waals surface area contributed by atoms with Gasteiger partial charge >= 0.3 is 5.97 Å². The molecule has 0 amide bonds. The third-order valence-electron chi connectivity index (χ3n) is 2.85. The summed E-state index contributed by atoms with van der Waals surface area (Å²) in [6, 6.07) is 5.82. The number of nitriles is 1. The Kier molecular flexibility index (Phi) is 5.47. The quantitative estimate of drug-likeness (QED) is 0.583. The van der Waals surface area contributed by atoms with Crippen LogP contribution in [0, 0.1) is 27.4 Å². The molecular formula is C13H15N3O4. The summed E-state index contributed by atoms with van der Waals surface area (Å²) in [7, 11) is 0. The van der Waals surface area contributed by atoms with E-state index < -0.39 is 16.8 Å². The minimum Gasteiger partial charge on any atom is -0.481 e. The molecule has 0 aliphatic rings. The van der Waals surface area contributed by atoms with E-state index in [2.05, 4.69) is 5.32 Å². The number of carboxylic acid groups (broad SMARTS) is 1. The maximum atomic E-state index is 11.0. The Balaban J connectivity index is 2.92. The van der Waals surface area contributed by atoms with Gasteiger partial charge in [-0.05, 0) is 18.6 Å². The Labute approximate surface area is 116 Å². The molecule has 1 aromatic carbocycles. The molecule has 0 fully saturated rings. The number of benzene rings is 1. The highest BCUT2D eigenvalue weighted by molar-refractivity contribution is 5.71. The fourth-order valence-corrected chi connectivity index (χ4v) is 1.80. The van der Waals surface area contributed by atoms with Crippen molar-refractivity contribution in [3.05, 3.63) is 33.9 Å². The van der Waals surface area contributed by atoms with Gasteiger partial charge in [0.2, 0.25) is 0 Å². The minimum atomic E-state index is -0.946. The smallest absolute Gasteiger partial charge is 0.308 e. The van der Waals surface area contributed by atoms with Crippen molar-refractivity contribution in [1.29, 1.82) is 5.26 Å². The van der Waals surface area contributed by atoms with Gasteiger partial charge in [-0.25, -0.2) is 0 Å². The summed E-state index contributed by atoms with van der Waals surface area (Å²) in [6.07, 6.45) is 1.19. The van der Waals surface area contributed by atoms with Gasteiger partial charge in [0.25, 0.3) is 5.69 Å². The summed E-state index contributed by atoms with van der Waals surface area (Å²) in [5, 5.41) is 31.5. The molecule has 0 radical (unpaired) electrons. The van der Waals surface area contributed by atoms with Crippen LogP contribution in [0.2, 0.25) is 0 Å². The zero-order valence-corrected chi connectivity index (χ0v) is 11.0. The van der Waals surface area contributed by atoms with Gasteiger partial charge in [0.1, 0.15) is 5.69 Å². The molecule has 0 aliphatic heterocycles. The van der Waals surface area contributed by atoms with Crippen LogP contribution in [-0.4, -0.2) is 22.5 Å². The van der Waals surface area contributed by atoms with E-state index in [9.17, 15) is 14.9 Å². The van der Waals surface area contributed by atoms with Crippen molar-refractivity contribution in [2.45, 2.75) is 19.8 Å². The number of rotatable bonds is 7. The van der Waals surface area contributed by atoms with Gasteiger partial charge in [-0.3, -0.25) is 14.9 Å². The molecule has 0 spiro atoms. The number of nitrogens with zero attached hydrogens (tertiary/aromatic N) is 2. The molecule has 0 bridgehead atoms. The molecule has 106 valence electrons. The first kappa shape index (κ1) is 15.4. The standard InChI is InChI=1S/C13H15N3O4/c1-2-3-10(13(17)18)8-15-11-6-9(7-14)4-5-12(11)16(19)20/h4-6,10,15H,2-3,8H2,1H3,(H,17,18). The van der Waals surface area contributed by atoms with Crippen LogP contribution >= 0.6 is 0 Å². The van der Waals surface area contributed by atoms with Crippen molar-refractivity contribution in [2.24, 2.45) is 5.92 Å². The van der Waals surface area contributed by atoms with Crippen LogP contribution in [0.1, 0.15) is 25.3 Å². The number of hydrogen-bond acceptors (Lipinski definition) is 5. The highest BCUT2D eigenvalue weighted by Gasteiger charge is 2.19. The van der Waals surface area contributed by atoms with E-state index in [1.165, 1.54) is 18.2 Å². The zero-order chi connectivity index (χ0) is 15.1. The predicted molar refractivity (Wildman–Crippen MR) is 72.3 cm³/mol. The van der Waals surface area contributed by atoms with E-state index in [4.69, 9.17) is 10.4 Å². The molecule has 1 aromatic rings. The lowest BCUT2D eigenvalue weighted by Gasteiger charge is -2.13. The predicted octanol–water partition coefficient (Wildman–Crippen LogP) is 2.38. The molecule has 2 N–H and O–H groups in total. The first-order valence-electron chi connectivity index (χ1n) is 6.14. The summed E-state index contributed by atoms with van der Waals surface area (Å²) in [6.45, 7) is 1.95. The first-order valence-corrected chi connectivity index (χ1v) is 6.14. The number of nitro benzene ring substituents is 1. The lowest BCUT2D eigenvalue weighted by Crippen LogP contribution is -2.23. The summed E-state index contributed by atoms with van der Waals surface area (Å²) in [5.74, 6) is -1.57. The zero-order valence-electron chi connectivity index (χ0n) is 11.0. The molecule has 0 heterocycles. The van der Waals surface area contributed by atoms with Gasteiger partial charge in [-0.1, -0.05) is 13.3 Å². The molecule has 1 unspecified atom stereocenters. The number of carboxylic acids is 1. The lowest BCUT2D eigenvalue weighted by molar-refractivity contribution is -0.384. The van der Waals surface area contributed by atoms with Gasteiger partial charge < -0.3 is 10.4 Å². The molecular weight excluding hydrogens is 262 g/mol. The maximum absolute atomic E-state index is 11.0. The van der Waals surface area contributed by atoms with Crippen molar-refractivity contribution in [2.75, 3.05) is 11.9 Å². The van der Waals surface area contributed by atoms with Gasteiger partial charge in [0, 0.05) is 12.6 Å². The second-order valence-corrected chi connectivity index (χ2v) is 4.31. The van der Waals surface area contributed by atoms with Gasteiger partial charge in [-0.2, -0.15) is 5.26 Å². The molecule has 20 heavy (non-hydrogen) atoms. The molecule has 0 aliphatic carbocycles. The van der Waals surface area contributed by atoms with Crippen molar-refractivity contribution in [3.8, 4) is 6.07 Å². The number of carbonyl (C=O) groups is 1. The molecule has 1 rings (SSSR count). The van der Waals surface area contributed by atoms with Crippen molar-refractivity contribution >= 4 is 17.3 Å². The van der Waals surface area contributed by atoms with Gasteiger partial charge in [0.05, 0.1) is 22.5 Å². The maximum Gasteiger partial charge on any atom is 0.308 e. The fourth-order valence-electron chi connectivity index (χ4n) is 1.80. The Morgan fingerprint density at radius 2 is 2.30 bits per heavy atom. The first-order chi connectivity index (χ1) is 9.49. The number of aliphatic carboxylic acids is 1. The van der Waals surface area contributed by atoms with Crippen LogP contribution < -0.4 is 5.32 Å². The largest absolute Gasteiger partial charge is 0.481 e. The third-order valence-corrected chi connectivity index (χ3v) is 2.85. The highest BCUT2D eigenvalue weighted by Crippen LogP contribution is 2.25. The van der Waals surface area contributed by atoms with Crippen LogP contribution in [0.15, 0.2) is 18.2 Å². The van der Waals surface area contributed by atoms with Crippen LogP contribution in [0.5, 0.6) is 0 Å². The summed E-state index contributed by atoms with van der Waals surface area (Å²) < 4.78 is 0. The number of hydrogen-bond donors (Lipinski definition) is 2. The van der Waals surface area contributed by atoms with Crippen molar-refractivity contribution < 1.29 is 14.8 Å². The topological polar surface area (TPSA) is 116 Å². The van der Waals surface area contributed by atoms with E-state index in [1.807, 2.05) is 13.0 Å². The lowest BCUT2D eigenvalue weighted by atomic mass is 10.0. The Morgan fingerprint density at radius 3 is 2.80 bits per heavy atom. The van der Waals surface area contributed by atoms with Crippen LogP contribution in [0.25, 0.3) is 0 Å². The van der Waals surface area contributed by atoms with E-state index in [1.54, 1.807) is 0 Å². The molecule has 0 saturated heterocycles. The fraction of sp³-hybridized carbons (Fsp3) is 0.385. The molecule has 7 nitrogen and oxygen atoms in total. The minimum absolute atomic E-state index is 0.0822. The van der Waals surface area contributed by atoms with E-state index in [0.29, 0.717) is 12.8 Å². The van der Waals surface area contributed by atoms with E-state index in [-0.39, 0.29) is 23.5 Å². The average Bonchev–Trinajstić information content (AvgIpc) is 2.42. The van der Waals surface area contributed by atoms with E-state index in [0.717, 1.165) is 0 Å². The highest BCUT2D eigenvalue weighted by atomic mass is 16.6. The normalized spacial score (nSPS) is 11.4. The number of nitrogens with one attached hydrogen (secondary N) is 1. The molecule has 1 atom stereocenters. The summed E-state index contributed by atoms with van der Waals surface area (Å²) in [4.78, 5) is 21.3. The Morgan fingerprint density at radius 1 is 1.60 bits per heavy atom. The van der Waals surface area contributed by atoms with Crippen molar-refractivity contribution in [3.63, 3.8) is 0 Å². The van der Waals surface area contributed by atoms with Gasteiger partial charge in [0.15, 0.2) is 0 Å². The Bertz CT molecular complexity index is 551. The SMILES string of the molecule is CCCC(CNc1cc(C#N)ccc1[N+](=O)[O-])C(=O)O. The van der Waals surface area contributed by atoms with Gasteiger partial charge in [-0.15, -0.1) is 0 Å². The third kappa shape index (κ3) is 3.95. The number of nitro groups is 1. The molecule has 0 saturated carbocycles. The average molecular weight is 277 g/mol. The summed E-state index contributed by atoms with van der Waals surface area (Å²) >= 11 is 0. The van der Waals surface area contributed by atoms with E-state index >= 15 is 0 Å². The van der Waals surface area contributed by atoms with Crippen molar-refractivity contribution in [1.82, 2.24) is 0 Å². The monoisotopic (exact) mass is 277 g/mol. The number of anilines is 1. The second kappa shape index (κ2) is 7.09. The Hall–Kier alpha value is -2.62. The van der Waals surface area contributed by atoms with Crippen LogP contribution in [0.3, 0.4) is 0 Å². The molecule has 7 heteroatoms. The van der Waals surface area contributed by atoms with Crippen LogP contribution in [-0.2, 0) is 4.79 Å².